The van der Waals surface area contributed by atoms with Gasteiger partial charge in [0.05, 0.1) is 11.9 Å². The molecule has 68 valence electrons. The summed E-state index contributed by atoms with van der Waals surface area (Å²) in [7, 11) is 3.73. The summed E-state index contributed by atoms with van der Waals surface area (Å²) in [6, 6.07) is 0. The Labute approximate surface area is 76.0 Å². The molecule has 5 nitrogen and oxygen atoms in total. The zero-order valence-electron chi connectivity index (χ0n) is 7.60. The average Bonchev–Trinajstić information content (AvgIpc) is 2.71. The molecule has 2 rings (SSSR count). The Morgan fingerprint density at radius 2 is 2.31 bits per heavy atom. The van der Waals surface area contributed by atoms with Crippen LogP contribution in [0.15, 0.2) is 24.8 Å². The lowest BCUT2D eigenvalue weighted by Gasteiger charge is -2.02. The highest BCUT2D eigenvalue weighted by Gasteiger charge is 2.03. The summed E-state index contributed by atoms with van der Waals surface area (Å²) in [6.07, 6.45) is 7.37. The van der Waals surface area contributed by atoms with Gasteiger partial charge in [-0.2, -0.15) is 5.10 Å². The van der Waals surface area contributed by atoms with Crippen LogP contribution in [0.25, 0.3) is 5.69 Å². The summed E-state index contributed by atoms with van der Waals surface area (Å²) in [6.45, 7) is 0. The predicted octanol–water partition coefficient (Wildman–Crippen LogP) is 0.647. The Bertz CT molecular complexity index is 400. The molecule has 13 heavy (non-hydrogen) atoms. The third-order valence-electron chi connectivity index (χ3n) is 1.83. The molecule has 2 aromatic heterocycles. The molecule has 0 aliphatic carbocycles. The summed E-state index contributed by atoms with van der Waals surface area (Å²) >= 11 is 0. The third-order valence-corrected chi connectivity index (χ3v) is 1.83. The fraction of sp³-hybridized carbons (Fsp3) is 0.250. The number of hydrogen-bond acceptors (Lipinski definition) is 3. The van der Waals surface area contributed by atoms with Gasteiger partial charge in [0, 0.05) is 32.7 Å². The van der Waals surface area contributed by atoms with Crippen molar-refractivity contribution < 1.29 is 0 Å². The molecule has 0 spiro atoms. The second-order valence-corrected chi connectivity index (χ2v) is 2.74. The summed E-state index contributed by atoms with van der Waals surface area (Å²) in [5.74, 6) is 0.813. The monoisotopic (exact) mass is 177 g/mol. The number of aromatic nitrogens is 4. The molecule has 5 heteroatoms. The lowest BCUT2D eigenvalue weighted by Crippen LogP contribution is -1.99. The van der Waals surface area contributed by atoms with Gasteiger partial charge in [0.1, 0.15) is 0 Å². The zero-order valence-corrected chi connectivity index (χ0v) is 7.60. The minimum atomic E-state index is 0.813. The first-order valence-electron chi connectivity index (χ1n) is 4.01. The summed E-state index contributed by atoms with van der Waals surface area (Å²) in [5.41, 5.74) is 1.00. The molecule has 0 fully saturated rings. The molecule has 0 unspecified atom stereocenters. The maximum Gasteiger partial charge on any atom is 0.207 e. The molecular formula is C8H11N5. The molecule has 2 aromatic rings. The van der Waals surface area contributed by atoms with E-state index >= 15 is 0 Å². The summed E-state index contributed by atoms with van der Waals surface area (Å²) in [4.78, 5) is 4.14. The van der Waals surface area contributed by atoms with E-state index < -0.39 is 0 Å². The molecular weight excluding hydrogens is 166 g/mol. The Kier molecular flexibility index (Phi) is 1.77. The van der Waals surface area contributed by atoms with Crippen LogP contribution in [0.3, 0.4) is 0 Å². The van der Waals surface area contributed by atoms with Crippen LogP contribution in [-0.2, 0) is 7.05 Å². The van der Waals surface area contributed by atoms with Crippen molar-refractivity contribution in [1.29, 1.82) is 0 Å². The van der Waals surface area contributed by atoms with Crippen molar-refractivity contribution in [2.24, 2.45) is 7.05 Å². The molecule has 0 aliphatic rings. The first kappa shape index (κ1) is 7.85. The van der Waals surface area contributed by atoms with Crippen LogP contribution in [0.5, 0.6) is 0 Å². The smallest absolute Gasteiger partial charge is 0.207 e. The highest BCUT2D eigenvalue weighted by molar-refractivity contribution is 5.38. The Morgan fingerprint density at radius 3 is 2.92 bits per heavy atom. The fourth-order valence-electron chi connectivity index (χ4n) is 1.23. The van der Waals surface area contributed by atoms with E-state index in [2.05, 4.69) is 15.4 Å². The van der Waals surface area contributed by atoms with Gasteiger partial charge in [-0.05, 0) is 0 Å². The molecule has 0 radical (unpaired) electrons. The SMILES string of the molecule is CNc1nccn1-c1cnn(C)c1. The number of aryl methyl sites for hydroxylation is 1. The van der Waals surface area contributed by atoms with Crippen LogP contribution in [0, 0.1) is 0 Å². The summed E-state index contributed by atoms with van der Waals surface area (Å²) in [5, 5.41) is 7.09. The third kappa shape index (κ3) is 1.28. The van der Waals surface area contributed by atoms with E-state index in [0.717, 1.165) is 11.6 Å². The van der Waals surface area contributed by atoms with Gasteiger partial charge in [-0.15, -0.1) is 0 Å². The number of imidazole rings is 1. The average molecular weight is 177 g/mol. The van der Waals surface area contributed by atoms with E-state index in [1.54, 1.807) is 17.1 Å². The van der Waals surface area contributed by atoms with E-state index in [1.165, 1.54) is 0 Å². The lowest BCUT2D eigenvalue weighted by atomic mass is 10.5. The highest BCUT2D eigenvalue weighted by Crippen LogP contribution is 2.11. The molecule has 0 aromatic carbocycles. The quantitative estimate of drug-likeness (QED) is 0.732. The molecule has 0 saturated heterocycles. The van der Waals surface area contributed by atoms with Crippen LogP contribution in [-0.4, -0.2) is 26.4 Å². The van der Waals surface area contributed by atoms with Gasteiger partial charge >= 0.3 is 0 Å². The molecule has 2 heterocycles. The van der Waals surface area contributed by atoms with Crippen molar-refractivity contribution >= 4 is 5.95 Å². The molecule has 0 saturated carbocycles. The Hall–Kier alpha value is -1.78. The van der Waals surface area contributed by atoms with Gasteiger partial charge in [-0.3, -0.25) is 9.25 Å². The standard InChI is InChI=1S/C8H11N5/c1-9-8-10-3-4-13(8)7-5-11-12(2)6-7/h3-6H,1-2H3,(H,9,10). The van der Waals surface area contributed by atoms with Crippen LogP contribution < -0.4 is 5.32 Å². The first-order valence-corrected chi connectivity index (χ1v) is 4.01. The number of hydrogen-bond donors (Lipinski definition) is 1. The second kappa shape index (κ2) is 2.93. The van der Waals surface area contributed by atoms with Gasteiger partial charge in [0.25, 0.3) is 0 Å². The van der Waals surface area contributed by atoms with Crippen molar-refractivity contribution in [2.75, 3.05) is 12.4 Å². The second-order valence-electron chi connectivity index (χ2n) is 2.74. The number of nitrogens with one attached hydrogen (secondary N) is 1. The minimum absolute atomic E-state index is 0.813. The van der Waals surface area contributed by atoms with Gasteiger partial charge in [0.15, 0.2) is 0 Å². The van der Waals surface area contributed by atoms with E-state index in [9.17, 15) is 0 Å². The Balaban J connectivity index is 2.45. The van der Waals surface area contributed by atoms with Gasteiger partial charge in [-0.1, -0.05) is 0 Å². The van der Waals surface area contributed by atoms with Gasteiger partial charge < -0.3 is 5.32 Å². The number of anilines is 1. The van der Waals surface area contributed by atoms with Crippen molar-refractivity contribution in [3.8, 4) is 5.69 Å². The molecule has 0 amide bonds. The largest absolute Gasteiger partial charge is 0.358 e. The Morgan fingerprint density at radius 1 is 1.46 bits per heavy atom. The molecule has 0 bridgehead atoms. The fourth-order valence-corrected chi connectivity index (χ4v) is 1.23. The molecule has 0 atom stereocenters. The predicted molar refractivity (Wildman–Crippen MR) is 49.9 cm³/mol. The topological polar surface area (TPSA) is 47.7 Å². The van der Waals surface area contributed by atoms with Gasteiger partial charge in [0.2, 0.25) is 5.95 Å². The van der Waals surface area contributed by atoms with Crippen LogP contribution in [0.4, 0.5) is 5.95 Å². The lowest BCUT2D eigenvalue weighted by molar-refractivity contribution is 0.767. The van der Waals surface area contributed by atoms with E-state index in [4.69, 9.17) is 0 Å². The zero-order chi connectivity index (χ0) is 9.26. The minimum Gasteiger partial charge on any atom is -0.358 e. The van der Waals surface area contributed by atoms with E-state index in [-0.39, 0.29) is 0 Å². The highest BCUT2D eigenvalue weighted by atomic mass is 15.3. The van der Waals surface area contributed by atoms with Crippen LogP contribution in [0.2, 0.25) is 0 Å². The number of rotatable bonds is 2. The molecule has 1 N–H and O–H groups in total. The molecule has 0 aliphatic heterocycles. The normalized spacial score (nSPS) is 10.3. The maximum absolute atomic E-state index is 4.14. The first-order chi connectivity index (χ1) is 6.31. The van der Waals surface area contributed by atoms with Crippen molar-refractivity contribution in [3.05, 3.63) is 24.8 Å². The van der Waals surface area contributed by atoms with E-state index in [1.807, 2.05) is 31.1 Å². The van der Waals surface area contributed by atoms with Crippen LogP contribution >= 0.6 is 0 Å². The van der Waals surface area contributed by atoms with Crippen LogP contribution in [0.1, 0.15) is 0 Å². The summed E-state index contributed by atoms with van der Waals surface area (Å²) < 4.78 is 3.70. The number of nitrogens with zero attached hydrogens (tertiary/aromatic N) is 4. The van der Waals surface area contributed by atoms with E-state index in [0.29, 0.717) is 0 Å². The van der Waals surface area contributed by atoms with Crippen molar-refractivity contribution in [3.63, 3.8) is 0 Å². The van der Waals surface area contributed by atoms with Crippen molar-refractivity contribution in [1.82, 2.24) is 19.3 Å². The maximum atomic E-state index is 4.14. The van der Waals surface area contributed by atoms with Gasteiger partial charge in [-0.25, -0.2) is 4.98 Å². The van der Waals surface area contributed by atoms with Crippen molar-refractivity contribution in [2.45, 2.75) is 0 Å².